The first-order valence-corrected chi connectivity index (χ1v) is 5.77. The summed E-state index contributed by atoms with van der Waals surface area (Å²) >= 11 is 5.56. The van der Waals surface area contributed by atoms with E-state index in [-0.39, 0.29) is 23.0 Å². The average molecular weight is 287 g/mol. The van der Waals surface area contributed by atoms with Crippen molar-refractivity contribution in [3.05, 3.63) is 29.6 Å². The Morgan fingerprint density at radius 2 is 2.11 bits per heavy atom. The van der Waals surface area contributed by atoms with E-state index in [2.05, 4.69) is 20.2 Å². The minimum absolute atomic E-state index is 0.0688. The zero-order valence-electron chi connectivity index (χ0n) is 9.85. The largest absolute Gasteiger partial charge is 0.480 e. The highest BCUT2D eigenvalue weighted by Crippen LogP contribution is 2.24. The summed E-state index contributed by atoms with van der Waals surface area (Å²) in [6, 6.07) is 3.08. The molecular weight excluding hydrogens is 278 g/mol. The Kier molecular flexibility index (Phi) is 4.16. The Morgan fingerprint density at radius 3 is 2.63 bits per heavy atom. The molecule has 19 heavy (non-hydrogen) atoms. The second-order valence-corrected chi connectivity index (χ2v) is 3.77. The van der Waals surface area contributed by atoms with Gasteiger partial charge in [0.2, 0.25) is 5.88 Å². The lowest BCUT2D eigenvalue weighted by Gasteiger charge is -2.06. The van der Waals surface area contributed by atoms with Gasteiger partial charge in [0.15, 0.2) is 5.82 Å². The summed E-state index contributed by atoms with van der Waals surface area (Å²) in [6.45, 7) is 0. The topological polar surface area (TPSA) is 60.8 Å². The average Bonchev–Trinajstić information content (AvgIpc) is 2.46. The van der Waals surface area contributed by atoms with Crippen LogP contribution in [0.4, 0.5) is 8.78 Å². The van der Waals surface area contributed by atoms with Gasteiger partial charge in [0, 0.05) is 17.8 Å². The zero-order chi connectivity index (χ0) is 13.8. The molecule has 2 heterocycles. The predicted octanol–water partition coefficient (Wildman–Crippen LogP) is 2.62. The van der Waals surface area contributed by atoms with E-state index in [9.17, 15) is 8.78 Å². The Morgan fingerprint density at radius 1 is 1.32 bits per heavy atom. The van der Waals surface area contributed by atoms with E-state index in [0.29, 0.717) is 5.88 Å². The van der Waals surface area contributed by atoms with Crippen LogP contribution in [0.2, 0.25) is 0 Å². The lowest BCUT2D eigenvalue weighted by atomic mass is 10.2. The Bertz CT molecular complexity index is 565. The maximum atomic E-state index is 12.8. The fraction of sp³-hybridized carbons (Fsp3) is 0.273. The minimum atomic E-state index is -2.72. The number of alkyl halides is 3. The molecule has 0 saturated heterocycles. The van der Waals surface area contributed by atoms with Gasteiger partial charge in [-0.25, -0.2) is 18.7 Å². The molecule has 0 fully saturated rings. The lowest BCUT2D eigenvalue weighted by Crippen LogP contribution is -2.02. The van der Waals surface area contributed by atoms with Crippen molar-refractivity contribution < 1.29 is 13.5 Å². The highest BCUT2D eigenvalue weighted by Gasteiger charge is 2.17. The van der Waals surface area contributed by atoms with Crippen LogP contribution in [0.3, 0.4) is 0 Å². The third-order valence-electron chi connectivity index (χ3n) is 2.33. The van der Waals surface area contributed by atoms with Crippen molar-refractivity contribution in [2.45, 2.75) is 12.3 Å². The van der Waals surface area contributed by atoms with Crippen molar-refractivity contribution in [3.63, 3.8) is 0 Å². The smallest absolute Gasteiger partial charge is 0.280 e. The summed E-state index contributed by atoms with van der Waals surface area (Å²) < 4.78 is 30.5. The molecule has 8 heteroatoms. The van der Waals surface area contributed by atoms with Gasteiger partial charge in [-0.15, -0.1) is 21.8 Å². The van der Waals surface area contributed by atoms with E-state index >= 15 is 0 Å². The molecular formula is C11H9ClF2N4O. The molecule has 2 rings (SSSR count). The van der Waals surface area contributed by atoms with Crippen molar-refractivity contribution in [2.75, 3.05) is 7.11 Å². The van der Waals surface area contributed by atoms with Crippen LogP contribution < -0.4 is 4.74 Å². The molecule has 0 bridgehead atoms. The summed E-state index contributed by atoms with van der Waals surface area (Å²) in [6.07, 6.45) is -1.45. The van der Waals surface area contributed by atoms with Crippen LogP contribution in [0.5, 0.6) is 5.88 Å². The molecule has 2 aromatic rings. The molecule has 0 saturated carbocycles. The van der Waals surface area contributed by atoms with Crippen molar-refractivity contribution in [3.8, 4) is 17.4 Å². The van der Waals surface area contributed by atoms with Crippen molar-refractivity contribution >= 4 is 11.6 Å². The summed E-state index contributed by atoms with van der Waals surface area (Å²) in [4.78, 5) is 7.73. The van der Waals surface area contributed by atoms with Gasteiger partial charge in [0.1, 0.15) is 11.4 Å². The number of nitrogens with zero attached hydrogens (tertiary/aromatic N) is 4. The van der Waals surface area contributed by atoms with Gasteiger partial charge in [-0.1, -0.05) is 0 Å². The second kappa shape index (κ2) is 5.83. The Hall–Kier alpha value is -1.89. The van der Waals surface area contributed by atoms with Crippen LogP contribution in [0.1, 0.15) is 17.7 Å². The number of halogens is 3. The number of rotatable bonds is 4. The van der Waals surface area contributed by atoms with Crippen LogP contribution in [0, 0.1) is 0 Å². The molecule has 100 valence electrons. The molecule has 0 aliphatic rings. The maximum Gasteiger partial charge on any atom is 0.280 e. The van der Waals surface area contributed by atoms with Gasteiger partial charge in [0.25, 0.3) is 6.43 Å². The quantitative estimate of drug-likeness (QED) is 0.809. The van der Waals surface area contributed by atoms with Gasteiger partial charge in [-0.05, 0) is 6.07 Å². The first-order valence-electron chi connectivity index (χ1n) is 5.23. The van der Waals surface area contributed by atoms with Crippen LogP contribution in [-0.2, 0) is 5.88 Å². The van der Waals surface area contributed by atoms with Crippen LogP contribution in [-0.4, -0.2) is 27.3 Å². The number of hydrogen-bond acceptors (Lipinski definition) is 5. The molecule has 0 aromatic carbocycles. The summed E-state index contributed by atoms with van der Waals surface area (Å²) in [5, 5.41) is 7.52. The summed E-state index contributed by atoms with van der Waals surface area (Å²) in [5.41, 5.74) is 0.0864. The Balaban J connectivity index is 2.41. The third kappa shape index (κ3) is 2.93. The van der Waals surface area contributed by atoms with Crippen LogP contribution in [0.15, 0.2) is 18.3 Å². The van der Waals surface area contributed by atoms with Crippen molar-refractivity contribution in [1.82, 2.24) is 20.2 Å². The molecule has 0 aliphatic heterocycles. The fourth-order valence-corrected chi connectivity index (χ4v) is 1.59. The predicted molar refractivity (Wildman–Crippen MR) is 64.1 cm³/mol. The number of aromatic nitrogens is 4. The Labute approximate surface area is 112 Å². The van der Waals surface area contributed by atoms with Crippen LogP contribution in [0.25, 0.3) is 11.5 Å². The second-order valence-electron chi connectivity index (χ2n) is 3.50. The lowest BCUT2D eigenvalue weighted by molar-refractivity contribution is 0.145. The van der Waals surface area contributed by atoms with E-state index in [0.717, 1.165) is 0 Å². The molecule has 0 atom stereocenters. The van der Waals surface area contributed by atoms with Crippen molar-refractivity contribution in [2.24, 2.45) is 0 Å². The molecule has 0 radical (unpaired) electrons. The van der Waals surface area contributed by atoms with Gasteiger partial charge < -0.3 is 4.74 Å². The van der Waals surface area contributed by atoms with E-state index in [4.69, 9.17) is 16.3 Å². The highest BCUT2D eigenvalue weighted by atomic mass is 35.5. The minimum Gasteiger partial charge on any atom is -0.480 e. The highest BCUT2D eigenvalue weighted by molar-refractivity contribution is 6.17. The first kappa shape index (κ1) is 13.5. The van der Waals surface area contributed by atoms with Gasteiger partial charge in [-0.3, -0.25) is 0 Å². The van der Waals surface area contributed by atoms with E-state index in [1.807, 2.05) is 0 Å². The van der Waals surface area contributed by atoms with Gasteiger partial charge >= 0.3 is 0 Å². The van der Waals surface area contributed by atoms with Crippen LogP contribution >= 0.6 is 11.6 Å². The number of methoxy groups -OCH3 is 1. The number of hydrogen-bond donors (Lipinski definition) is 0. The standard InChI is InChI=1S/C11H9ClF2N4O/c1-19-8-3-2-7(17-18-8)11-15-5-6(4-12)9(16-11)10(13)14/h2-3,5,10H,4H2,1H3. The molecule has 2 aromatic heterocycles. The molecule has 0 amide bonds. The fourth-order valence-electron chi connectivity index (χ4n) is 1.38. The van der Waals surface area contributed by atoms with E-state index < -0.39 is 12.1 Å². The van der Waals surface area contributed by atoms with E-state index in [1.165, 1.54) is 19.4 Å². The molecule has 0 unspecified atom stereocenters. The van der Waals surface area contributed by atoms with Gasteiger partial charge in [-0.2, -0.15) is 0 Å². The number of ether oxygens (including phenoxy) is 1. The SMILES string of the molecule is COc1ccc(-c2ncc(CCl)c(C(F)F)n2)nn1. The maximum absolute atomic E-state index is 12.8. The van der Waals surface area contributed by atoms with Crippen molar-refractivity contribution in [1.29, 1.82) is 0 Å². The summed E-state index contributed by atoms with van der Waals surface area (Å²) in [5.74, 6) is 0.309. The molecule has 0 aliphatic carbocycles. The van der Waals surface area contributed by atoms with E-state index in [1.54, 1.807) is 6.07 Å². The first-order chi connectivity index (χ1) is 9.15. The molecule has 5 nitrogen and oxygen atoms in total. The normalized spacial score (nSPS) is 10.8. The zero-order valence-corrected chi connectivity index (χ0v) is 10.6. The monoisotopic (exact) mass is 286 g/mol. The third-order valence-corrected chi connectivity index (χ3v) is 2.61. The van der Waals surface area contributed by atoms with Gasteiger partial charge in [0.05, 0.1) is 13.0 Å². The molecule has 0 N–H and O–H groups in total. The summed E-state index contributed by atoms with van der Waals surface area (Å²) in [7, 11) is 1.45. The molecule has 0 spiro atoms.